The van der Waals surface area contributed by atoms with Gasteiger partial charge in [-0.25, -0.2) is 4.79 Å². The average Bonchev–Trinajstić information content (AvgIpc) is 2.37. The minimum atomic E-state index is -0.283. The van der Waals surface area contributed by atoms with Crippen molar-refractivity contribution in [3.8, 4) is 0 Å². The molecule has 1 aromatic rings. The monoisotopic (exact) mass is 298 g/mol. The predicted molar refractivity (Wildman–Crippen MR) is 82.4 cm³/mol. The third-order valence-electron chi connectivity index (χ3n) is 3.43. The molecule has 0 aliphatic carbocycles. The molecule has 0 atom stereocenters. The molecule has 1 N–H and O–H groups in total. The van der Waals surface area contributed by atoms with E-state index in [1.165, 1.54) is 12.7 Å². The Morgan fingerprint density at radius 2 is 2.00 bits per heavy atom. The molecule has 0 radical (unpaired) electrons. The molecular weight excluding hydrogens is 276 g/mol. The summed E-state index contributed by atoms with van der Waals surface area (Å²) in [6.07, 6.45) is 0. The lowest BCUT2D eigenvalue weighted by Crippen LogP contribution is -2.56. The Morgan fingerprint density at radius 3 is 2.55 bits per heavy atom. The summed E-state index contributed by atoms with van der Waals surface area (Å²) in [6.45, 7) is 8.48. The number of nitrogens with one attached hydrogen (secondary N) is 1. The van der Waals surface area contributed by atoms with E-state index in [-0.39, 0.29) is 23.9 Å². The summed E-state index contributed by atoms with van der Waals surface area (Å²) in [5.74, 6) is -0.283. The van der Waals surface area contributed by atoms with Gasteiger partial charge in [-0.1, -0.05) is 12.1 Å². The Labute approximate surface area is 126 Å². The highest BCUT2D eigenvalue weighted by molar-refractivity contribution is 5.89. The Bertz CT molecular complexity index is 446. The minimum Gasteiger partial charge on any atom is -0.465 e. The van der Waals surface area contributed by atoms with Crippen LogP contribution in [0.4, 0.5) is 0 Å². The number of nitrogens with zero attached hydrogens (tertiary/aromatic N) is 1. The second kappa shape index (κ2) is 7.07. The van der Waals surface area contributed by atoms with Crippen LogP contribution >= 0.6 is 12.4 Å². The molecule has 0 bridgehead atoms. The number of carbonyl (C=O) groups excluding carboxylic acids is 1. The fourth-order valence-corrected chi connectivity index (χ4v) is 2.50. The van der Waals surface area contributed by atoms with Crippen LogP contribution in [0.15, 0.2) is 24.3 Å². The molecule has 0 saturated carbocycles. The van der Waals surface area contributed by atoms with Gasteiger partial charge in [-0.3, -0.25) is 4.90 Å². The number of ether oxygens (including phenoxy) is 1. The summed E-state index contributed by atoms with van der Waals surface area (Å²) in [5, 5.41) is 3.50. The van der Waals surface area contributed by atoms with E-state index in [4.69, 9.17) is 4.74 Å². The Balaban J connectivity index is 0.00000200. The average molecular weight is 299 g/mol. The molecule has 1 heterocycles. The van der Waals surface area contributed by atoms with E-state index in [9.17, 15) is 4.79 Å². The summed E-state index contributed by atoms with van der Waals surface area (Å²) in [7, 11) is 1.40. The van der Waals surface area contributed by atoms with E-state index >= 15 is 0 Å². The van der Waals surface area contributed by atoms with Gasteiger partial charge in [0.05, 0.1) is 12.7 Å². The first-order valence-corrected chi connectivity index (χ1v) is 6.65. The molecule has 0 spiro atoms. The van der Waals surface area contributed by atoms with Crippen molar-refractivity contribution in [1.82, 2.24) is 10.2 Å². The van der Waals surface area contributed by atoms with Crippen molar-refractivity contribution in [3.05, 3.63) is 35.4 Å². The van der Waals surface area contributed by atoms with Crippen LogP contribution in [0.25, 0.3) is 0 Å². The van der Waals surface area contributed by atoms with Gasteiger partial charge in [-0.05, 0) is 31.5 Å². The molecule has 4 nitrogen and oxygen atoms in total. The summed E-state index contributed by atoms with van der Waals surface area (Å²) < 4.78 is 4.70. The van der Waals surface area contributed by atoms with E-state index in [1.807, 2.05) is 24.3 Å². The van der Waals surface area contributed by atoms with Crippen molar-refractivity contribution < 1.29 is 9.53 Å². The number of hydrogen-bond donors (Lipinski definition) is 1. The predicted octanol–water partition coefficient (Wildman–Crippen LogP) is 2.08. The molecule has 1 fully saturated rings. The largest absolute Gasteiger partial charge is 0.465 e. The number of benzene rings is 1. The molecule has 0 unspecified atom stereocenters. The number of methoxy groups -OCH3 is 1. The molecule has 0 amide bonds. The summed E-state index contributed by atoms with van der Waals surface area (Å²) >= 11 is 0. The lowest BCUT2D eigenvalue weighted by Gasteiger charge is -2.39. The van der Waals surface area contributed by atoms with Gasteiger partial charge < -0.3 is 10.1 Å². The first kappa shape index (κ1) is 17.0. The number of rotatable bonds is 3. The molecule has 5 heteroatoms. The van der Waals surface area contributed by atoms with E-state index in [1.54, 1.807) is 0 Å². The van der Waals surface area contributed by atoms with Gasteiger partial charge in [0.15, 0.2) is 0 Å². The number of carbonyl (C=O) groups is 1. The molecule has 1 aliphatic heterocycles. The van der Waals surface area contributed by atoms with Crippen LogP contribution in [0.2, 0.25) is 0 Å². The van der Waals surface area contributed by atoms with Gasteiger partial charge in [0, 0.05) is 31.7 Å². The van der Waals surface area contributed by atoms with E-state index in [0.29, 0.717) is 5.56 Å². The van der Waals surface area contributed by atoms with Crippen LogP contribution in [0.3, 0.4) is 0 Å². The van der Waals surface area contributed by atoms with Crippen molar-refractivity contribution in [3.63, 3.8) is 0 Å². The third-order valence-corrected chi connectivity index (χ3v) is 3.43. The quantitative estimate of drug-likeness (QED) is 0.868. The van der Waals surface area contributed by atoms with Crippen molar-refractivity contribution in [2.75, 3.05) is 26.7 Å². The lowest BCUT2D eigenvalue weighted by atomic mass is 10.0. The fourth-order valence-electron chi connectivity index (χ4n) is 2.50. The van der Waals surface area contributed by atoms with Crippen LogP contribution in [-0.2, 0) is 11.3 Å². The second-order valence-electron chi connectivity index (χ2n) is 5.71. The normalized spacial score (nSPS) is 18.1. The van der Waals surface area contributed by atoms with Crippen LogP contribution < -0.4 is 5.32 Å². The van der Waals surface area contributed by atoms with Gasteiger partial charge in [0.2, 0.25) is 0 Å². The third kappa shape index (κ3) is 4.47. The maximum Gasteiger partial charge on any atom is 0.337 e. The van der Waals surface area contributed by atoms with Gasteiger partial charge >= 0.3 is 5.97 Å². The smallest absolute Gasteiger partial charge is 0.337 e. The van der Waals surface area contributed by atoms with Crippen LogP contribution in [0.5, 0.6) is 0 Å². The molecule has 1 saturated heterocycles. The SMILES string of the molecule is COC(=O)c1ccc(CN2CCNC(C)(C)C2)cc1.Cl. The van der Waals surface area contributed by atoms with E-state index in [2.05, 4.69) is 24.1 Å². The summed E-state index contributed by atoms with van der Waals surface area (Å²) in [6, 6.07) is 7.66. The molecule has 20 heavy (non-hydrogen) atoms. The topological polar surface area (TPSA) is 41.6 Å². The number of piperazine rings is 1. The van der Waals surface area contributed by atoms with Gasteiger partial charge in [-0.15, -0.1) is 12.4 Å². The van der Waals surface area contributed by atoms with Gasteiger partial charge in [-0.2, -0.15) is 0 Å². The second-order valence-corrected chi connectivity index (χ2v) is 5.71. The van der Waals surface area contributed by atoms with Crippen molar-refractivity contribution in [2.24, 2.45) is 0 Å². The molecule has 1 aliphatic rings. The van der Waals surface area contributed by atoms with Gasteiger partial charge in [0.1, 0.15) is 0 Å². The zero-order valence-electron chi connectivity index (χ0n) is 12.3. The van der Waals surface area contributed by atoms with Crippen LogP contribution in [0, 0.1) is 0 Å². The first-order valence-electron chi connectivity index (χ1n) is 6.65. The summed E-state index contributed by atoms with van der Waals surface area (Å²) in [5.41, 5.74) is 2.00. The van der Waals surface area contributed by atoms with Gasteiger partial charge in [0.25, 0.3) is 0 Å². The minimum absolute atomic E-state index is 0. The molecule has 2 rings (SSSR count). The first-order chi connectivity index (χ1) is 9.00. The standard InChI is InChI=1S/C15H22N2O2.ClH/c1-15(2)11-17(9-8-16-15)10-12-4-6-13(7-5-12)14(18)19-3;/h4-7,16H,8-11H2,1-3H3;1H. The highest BCUT2D eigenvalue weighted by Gasteiger charge is 2.25. The Hall–Kier alpha value is -1.10. The summed E-state index contributed by atoms with van der Waals surface area (Å²) in [4.78, 5) is 13.8. The fraction of sp³-hybridized carbons (Fsp3) is 0.533. The maximum absolute atomic E-state index is 11.4. The number of halogens is 1. The molecule has 1 aromatic carbocycles. The van der Waals surface area contributed by atoms with Crippen molar-refractivity contribution in [1.29, 1.82) is 0 Å². The zero-order valence-corrected chi connectivity index (χ0v) is 13.1. The Morgan fingerprint density at radius 1 is 1.35 bits per heavy atom. The number of esters is 1. The van der Waals surface area contributed by atoms with E-state index in [0.717, 1.165) is 26.2 Å². The van der Waals surface area contributed by atoms with Crippen molar-refractivity contribution >= 4 is 18.4 Å². The van der Waals surface area contributed by atoms with E-state index < -0.39 is 0 Å². The number of hydrogen-bond acceptors (Lipinski definition) is 4. The lowest BCUT2D eigenvalue weighted by molar-refractivity contribution is 0.0600. The Kier molecular flexibility index (Phi) is 5.99. The zero-order chi connectivity index (χ0) is 13.9. The maximum atomic E-state index is 11.4. The van der Waals surface area contributed by atoms with Crippen LogP contribution in [-0.4, -0.2) is 43.2 Å². The molecule has 112 valence electrons. The highest BCUT2D eigenvalue weighted by Crippen LogP contribution is 2.14. The van der Waals surface area contributed by atoms with Crippen LogP contribution in [0.1, 0.15) is 29.8 Å². The highest BCUT2D eigenvalue weighted by atomic mass is 35.5. The van der Waals surface area contributed by atoms with Crippen molar-refractivity contribution in [2.45, 2.75) is 25.9 Å². The molecule has 0 aromatic heterocycles. The molecular formula is C15H23ClN2O2.